The van der Waals surface area contributed by atoms with E-state index >= 15 is 0 Å². The number of hydrogen-bond acceptors (Lipinski definition) is 5. The molecule has 8 nitrogen and oxygen atoms in total. The number of ether oxygens (including phenoxy) is 1. The molecule has 1 atom stereocenters. The van der Waals surface area contributed by atoms with Gasteiger partial charge in [-0.25, -0.2) is 8.42 Å². The van der Waals surface area contributed by atoms with Crippen molar-refractivity contribution in [3.05, 3.63) is 123 Å². The van der Waals surface area contributed by atoms with Crippen molar-refractivity contribution < 1.29 is 22.7 Å². The van der Waals surface area contributed by atoms with Crippen molar-refractivity contribution in [3.8, 4) is 5.75 Å². The number of carbonyl (C=O) groups is 2. The Hall–Kier alpha value is -3.86. The van der Waals surface area contributed by atoms with Crippen LogP contribution in [0.3, 0.4) is 0 Å². The highest BCUT2D eigenvalue weighted by molar-refractivity contribution is 9.10. The van der Waals surface area contributed by atoms with Gasteiger partial charge in [0.05, 0.1) is 22.2 Å². The molecule has 0 aliphatic rings. The maximum atomic E-state index is 14.4. The predicted octanol–water partition coefficient (Wildman–Crippen LogP) is 6.39. The van der Waals surface area contributed by atoms with Crippen LogP contribution in [0.2, 0.25) is 5.02 Å². The number of amides is 2. The van der Waals surface area contributed by atoms with Crippen molar-refractivity contribution in [2.45, 2.75) is 37.8 Å². The van der Waals surface area contributed by atoms with Crippen LogP contribution < -0.4 is 14.4 Å². The summed E-state index contributed by atoms with van der Waals surface area (Å²) in [4.78, 5) is 29.4. The topological polar surface area (TPSA) is 96.0 Å². The molecule has 0 spiro atoms. The first kappa shape index (κ1) is 34.0. The molecule has 1 N–H and O–H groups in total. The molecule has 0 radical (unpaired) electrons. The van der Waals surface area contributed by atoms with Crippen molar-refractivity contribution in [2.24, 2.45) is 0 Å². The number of methoxy groups -OCH3 is 1. The minimum absolute atomic E-state index is 0.0316. The Morgan fingerprint density at radius 3 is 2.24 bits per heavy atom. The zero-order valence-corrected chi connectivity index (χ0v) is 28.4. The van der Waals surface area contributed by atoms with Crippen LogP contribution >= 0.6 is 27.5 Å². The number of benzene rings is 4. The van der Waals surface area contributed by atoms with E-state index in [1.165, 1.54) is 24.1 Å². The van der Waals surface area contributed by atoms with Gasteiger partial charge in [-0.1, -0.05) is 71.8 Å². The molecule has 4 aromatic rings. The Morgan fingerprint density at radius 2 is 1.62 bits per heavy atom. The lowest BCUT2D eigenvalue weighted by molar-refractivity contribution is -0.140. The van der Waals surface area contributed by atoms with Crippen LogP contribution in [0.4, 0.5) is 5.69 Å². The van der Waals surface area contributed by atoms with Gasteiger partial charge in [-0.3, -0.25) is 13.9 Å². The number of carbonyl (C=O) groups excluding carboxylic acids is 2. The molecule has 0 fully saturated rings. The first-order chi connectivity index (χ1) is 21.5. The highest BCUT2D eigenvalue weighted by Gasteiger charge is 2.34. The number of likely N-dealkylation sites (N-methyl/N-ethyl adjacent to an activating group) is 1. The van der Waals surface area contributed by atoms with E-state index in [1.807, 2.05) is 43.3 Å². The number of halogens is 2. The number of hydrogen-bond donors (Lipinski definition) is 1. The second-order valence-electron chi connectivity index (χ2n) is 10.4. The third-order valence-corrected chi connectivity index (χ3v) is 9.80. The van der Waals surface area contributed by atoms with Crippen LogP contribution in [0.5, 0.6) is 5.75 Å². The van der Waals surface area contributed by atoms with E-state index < -0.39 is 28.5 Å². The lowest BCUT2D eigenvalue weighted by Crippen LogP contribution is -2.53. The van der Waals surface area contributed by atoms with Gasteiger partial charge in [-0.15, -0.1) is 0 Å². The molecule has 11 heteroatoms. The fraction of sp³-hybridized carbons (Fsp3) is 0.235. The summed E-state index contributed by atoms with van der Waals surface area (Å²) in [6, 6.07) is 26.8. The lowest BCUT2D eigenvalue weighted by Gasteiger charge is -2.34. The van der Waals surface area contributed by atoms with Crippen molar-refractivity contribution in [2.75, 3.05) is 24.5 Å². The van der Waals surface area contributed by atoms with E-state index in [0.29, 0.717) is 33.0 Å². The molecule has 0 heterocycles. The van der Waals surface area contributed by atoms with Gasteiger partial charge in [0.25, 0.3) is 10.0 Å². The minimum Gasteiger partial charge on any atom is -0.496 e. The molecule has 0 saturated heterocycles. The fourth-order valence-electron chi connectivity index (χ4n) is 4.85. The average molecular weight is 713 g/mol. The van der Waals surface area contributed by atoms with Gasteiger partial charge >= 0.3 is 0 Å². The summed E-state index contributed by atoms with van der Waals surface area (Å²) in [7, 11) is -2.77. The van der Waals surface area contributed by atoms with Crippen molar-refractivity contribution in [1.29, 1.82) is 0 Å². The van der Waals surface area contributed by atoms with Crippen LogP contribution in [-0.2, 0) is 32.6 Å². The Labute approximate surface area is 278 Å². The number of nitrogens with one attached hydrogen (secondary N) is 1. The summed E-state index contributed by atoms with van der Waals surface area (Å²) in [5, 5.41) is 3.33. The van der Waals surface area contributed by atoms with Crippen molar-refractivity contribution in [3.63, 3.8) is 0 Å². The van der Waals surface area contributed by atoms with E-state index in [9.17, 15) is 18.0 Å². The second kappa shape index (κ2) is 15.4. The number of sulfonamides is 1. The fourth-order valence-corrected chi connectivity index (χ4v) is 7.20. The van der Waals surface area contributed by atoms with Crippen molar-refractivity contribution in [1.82, 2.24) is 10.2 Å². The summed E-state index contributed by atoms with van der Waals surface area (Å²) in [5.74, 6) is -0.440. The smallest absolute Gasteiger partial charge is 0.264 e. The molecule has 236 valence electrons. The molecule has 0 unspecified atom stereocenters. The van der Waals surface area contributed by atoms with Gasteiger partial charge in [-0.05, 0) is 83.4 Å². The van der Waals surface area contributed by atoms with Crippen LogP contribution in [0.1, 0.15) is 23.6 Å². The zero-order chi connectivity index (χ0) is 32.6. The van der Waals surface area contributed by atoms with E-state index in [-0.39, 0.29) is 23.8 Å². The Morgan fingerprint density at radius 1 is 0.933 bits per heavy atom. The monoisotopic (exact) mass is 711 g/mol. The highest BCUT2D eigenvalue weighted by atomic mass is 79.9. The summed E-state index contributed by atoms with van der Waals surface area (Å²) < 4.78 is 35.3. The number of nitrogens with zero attached hydrogens (tertiary/aromatic N) is 2. The van der Waals surface area contributed by atoms with Gasteiger partial charge < -0.3 is 15.0 Å². The van der Waals surface area contributed by atoms with Gasteiger partial charge in [0.2, 0.25) is 11.8 Å². The normalized spacial score (nSPS) is 11.8. The lowest BCUT2D eigenvalue weighted by atomic mass is 10.0. The number of aryl methyl sites for hydroxylation is 1. The third kappa shape index (κ3) is 8.65. The molecule has 45 heavy (non-hydrogen) atoms. The molecule has 0 bridgehead atoms. The average Bonchev–Trinajstić information content (AvgIpc) is 3.02. The molecule has 4 rings (SSSR count). The van der Waals surface area contributed by atoms with Crippen LogP contribution in [0.15, 0.2) is 106 Å². The third-order valence-electron chi connectivity index (χ3n) is 7.18. The number of rotatable bonds is 13. The van der Waals surface area contributed by atoms with E-state index in [4.69, 9.17) is 16.3 Å². The quantitative estimate of drug-likeness (QED) is 0.173. The summed E-state index contributed by atoms with van der Waals surface area (Å²) >= 11 is 9.66. The van der Waals surface area contributed by atoms with Gasteiger partial charge in [0.15, 0.2) is 0 Å². The molecular weight excluding hydrogens is 678 g/mol. The van der Waals surface area contributed by atoms with Gasteiger partial charge in [0.1, 0.15) is 18.3 Å². The number of anilines is 1. The highest BCUT2D eigenvalue weighted by Crippen LogP contribution is 2.31. The summed E-state index contributed by atoms with van der Waals surface area (Å²) in [6.07, 6.45) is 0.224. The Bertz CT molecular complexity index is 1740. The first-order valence-electron chi connectivity index (χ1n) is 14.3. The standard InChI is InChI=1S/C34H35BrClN3O5S/c1-4-37-34(41)31(20-25-9-6-5-7-10-25)38(22-26-11-8-12-27(36)19-26)33(40)23-39(28-15-13-24(2)14-16-28)45(42,43)29-17-18-32(44-3)30(35)21-29/h5-19,21,31H,4,20,22-23H2,1-3H3,(H,37,41)/t31-/m1/s1. The largest absolute Gasteiger partial charge is 0.496 e. The summed E-state index contributed by atoms with van der Waals surface area (Å²) in [6.45, 7) is 3.53. The molecule has 0 aliphatic carbocycles. The van der Waals surface area contributed by atoms with E-state index in [2.05, 4.69) is 21.2 Å². The Kier molecular flexibility index (Phi) is 11.7. The maximum Gasteiger partial charge on any atom is 0.264 e. The van der Waals surface area contributed by atoms with Crippen LogP contribution in [0, 0.1) is 6.92 Å². The SMILES string of the molecule is CCNC(=O)[C@@H](Cc1ccccc1)N(Cc1cccc(Cl)c1)C(=O)CN(c1ccc(C)cc1)S(=O)(=O)c1ccc(OC)c(Br)c1. The maximum absolute atomic E-state index is 14.4. The van der Waals surface area contributed by atoms with E-state index in [1.54, 1.807) is 55.5 Å². The molecule has 4 aromatic carbocycles. The first-order valence-corrected chi connectivity index (χ1v) is 16.9. The molecule has 0 saturated carbocycles. The molecule has 0 aliphatic heterocycles. The minimum atomic E-state index is -4.26. The molecule has 2 amide bonds. The van der Waals surface area contributed by atoms with Gasteiger partial charge in [-0.2, -0.15) is 0 Å². The van der Waals surface area contributed by atoms with Crippen LogP contribution in [0.25, 0.3) is 0 Å². The predicted molar refractivity (Wildman–Crippen MR) is 181 cm³/mol. The van der Waals surface area contributed by atoms with Gasteiger partial charge in [0, 0.05) is 24.5 Å². The van der Waals surface area contributed by atoms with Crippen LogP contribution in [-0.4, -0.2) is 51.4 Å². The van der Waals surface area contributed by atoms with E-state index in [0.717, 1.165) is 15.4 Å². The Balaban J connectivity index is 1.81. The van der Waals surface area contributed by atoms with Crippen molar-refractivity contribution >= 4 is 55.1 Å². The second-order valence-corrected chi connectivity index (χ2v) is 13.5. The zero-order valence-electron chi connectivity index (χ0n) is 25.2. The molecular formula is C34H35BrClN3O5S. The molecule has 0 aromatic heterocycles. The summed E-state index contributed by atoms with van der Waals surface area (Å²) in [5.41, 5.74) is 2.78.